The molecule has 0 bridgehead atoms. The average molecular weight is 137 g/mol. The molecule has 54 valence electrons. The van der Waals surface area contributed by atoms with Crippen LogP contribution in [0.1, 0.15) is 6.92 Å². The maximum Gasteiger partial charge on any atom is 0.146 e. The molecule has 0 aliphatic carbocycles. The Bertz CT molecular complexity index is 262. The first-order valence-corrected chi connectivity index (χ1v) is 3.31. The fraction of sp³-hybridized carbons (Fsp3) is 0.429. The Hall–Kier alpha value is -1.12. The SMILES string of the molecule is CCn1ccncc1=NC. The summed E-state index contributed by atoms with van der Waals surface area (Å²) in [6, 6.07) is 0. The van der Waals surface area contributed by atoms with Crippen molar-refractivity contribution >= 4 is 0 Å². The molecule has 0 saturated heterocycles. The first-order valence-electron chi connectivity index (χ1n) is 3.31. The molecule has 3 heteroatoms. The van der Waals surface area contributed by atoms with E-state index in [9.17, 15) is 0 Å². The molecule has 0 saturated carbocycles. The Morgan fingerprint density at radius 1 is 1.70 bits per heavy atom. The van der Waals surface area contributed by atoms with E-state index in [2.05, 4.69) is 16.9 Å². The molecule has 0 atom stereocenters. The molecule has 0 fully saturated rings. The van der Waals surface area contributed by atoms with Gasteiger partial charge in [0.05, 0.1) is 6.20 Å². The van der Waals surface area contributed by atoms with E-state index in [1.54, 1.807) is 19.4 Å². The van der Waals surface area contributed by atoms with E-state index in [0.29, 0.717) is 0 Å². The molecule has 1 heterocycles. The zero-order valence-corrected chi connectivity index (χ0v) is 6.28. The highest BCUT2D eigenvalue weighted by atomic mass is 15.0. The highest BCUT2D eigenvalue weighted by molar-refractivity contribution is 4.78. The second kappa shape index (κ2) is 3.15. The van der Waals surface area contributed by atoms with E-state index < -0.39 is 0 Å². The van der Waals surface area contributed by atoms with Crippen LogP contribution in [0.15, 0.2) is 23.6 Å². The lowest BCUT2D eigenvalue weighted by Gasteiger charge is -1.99. The van der Waals surface area contributed by atoms with Crippen molar-refractivity contribution in [3.8, 4) is 0 Å². The van der Waals surface area contributed by atoms with Gasteiger partial charge in [-0.25, -0.2) is 0 Å². The standard InChI is InChI=1S/C7H11N3/c1-3-10-5-4-9-6-7(10)8-2/h4-6H,3H2,1-2H3. The second-order valence-corrected chi connectivity index (χ2v) is 1.94. The minimum atomic E-state index is 0.921. The number of hydrogen-bond acceptors (Lipinski definition) is 2. The largest absolute Gasteiger partial charge is 0.331 e. The molecule has 0 aromatic carbocycles. The van der Waals surface area contributed by atoms with Crippen molar-refractivity contribution in [2.24, 2.45) is 4.99 Å². The van der Waals surface area contributed by atoms with Crippen LogP contribution in [-0.4, -0.2) is 16.6 Å². The van der Waals surface area contributed by atoms with Gasteiger partial charge in [0.1, 0.15) is 5.49 Å². The van der Waals surface area contributed by atoms with Crippen molar-refractivity contribution in [3.05, 3.63) is 24.1 Å². The third-order valence-electron chi connectivity index (χ3n) is 1.39. The molecule has 0 unspecified atom stereocenters. The van der Waals surface area contributed by atoms with Crippen LogP contribution in [0.25, 0.3) is 0 Å². The molecule has 0 radical (unpaired) electrons. The minimum absolute atomic E-state index is 0.921. The van der Waals surface area contributed by atoms with Gasteiger partial charge in [-0.15, -0.1) is 0 Å². The molecule has 1 rings (SSSR count). The molecule has 0 amide bonds. The van der Waals surface area contributed by atoms with Crippen molar-refractivity contribution in [1.29, 1.82) is 0 Å². The Morgan fingerprint density at radius 3 is 3.00 bits per heavy atom. The van der Waals surface area contributed by atoms with Crippen molar-refractivity contribution in [3.63, 3.8) is 0 Å². The van der Waals surface area contributed by atoms with Crippen LogP contribution in [0, 0.1) is 0 Å². The third kappa shape index (κ3) is 1.23. The molecule has 1 aromatic heterocycles. The highest BCUT2D eigenvalue weighted by Crippen LogP contribution is 1.75. The lowest BCUT2D eigenvalue weighted by atomic mass is 10.6. The lowest BCUT2D eigenvalue weighted by Crippen LogP contribution is -2.19. The summed E-state index contributed by atoms with van der Waals surface area (Å²) in [6.45, 7) is 3.02. The number of aromatic nitrogens is 2. The molecule has 0 spiro atoms. The van der Waals surface area contributed by atoms with Crippen LogP contribution >= 0.6 is 0 Å². The molecular weight excluding hydrogens is 126 g/mol. The summed E-state index contributed by atoms with van der Waals surface area (Å²) in [4.78, 5) is 7.99. The summed E-state index contributed by atoms with van der Waals surface area (Å²) in [5.74, 6) is 0. The van der Waals surface area contributed by atoms with E-state index in [1.807, 2.05) is 10.8 Å². The fourth-order valence-electron chi connectivity index (χ4n) is 0.833. The van der Waals surface area contributed by atoms with Gasteiger partial charge in [0.15, 0.2) is 0 Å². The van der Waals surface area contributed by atoms with Gasteiger partial charge >= 0.3 is 0 Å². The summed E-state index contributed by atoms with van der Waals surface area (Å²) in [5.41, 5.74) is 0.921. The number of rotatable bonds is 1. The first kappa shape index (κ1) is 6.99. The zero-order valence-electron chi connectivity index (χ0n) is 6.28. The van der Waals surface area contributed by atoms with Crippen molar-refractivity contribution in [2.45, 2.75) is 13.5 Å². The summed E-state index contributed by atoms with van der Waals surface area (Å²) in [7, 11) is 1.77. The second-order valence-electron chi connectivity index (χ2n) is 1.94. The fourth-order valence-corrected chi connectivity index (χ4v) is 0.833. The maximum absolute atomic E-state index is 4.04. The van der Waals surface area contributed by atoms with Crippen molar-refractivity contribution in [2.75, 3.05) is 7.05 Å². The van der Waals surface area contributed by atoms with Crippen LogP contribution in [-0.2, 0) is 6.54 Å². The van der Waals surface area contributed by atoms with E-state index in [1.165, 1.54) is 0 Å². The van der Waals surface area contributed by atoms with Gasteiger partial charge in [0.2, 0.25) is 0 Å². The van der Waals surface area contributed by atoms with Gasteiger partial charge in [-0.1, -0.05) is 0 Å². The van der Waals surface area contributed by atoms with Crippen LogP contribution in [0.5, 0.6) is 0 Å². The quantitative estimate of drug-likeness (QED) is 0.552. The molecule has 10 heavy (non-hydrogen) atoms. The van der Waals surface area contributed by atoms with Gasteiger partial charge in [-0.05, 0) is 6.92 Å². The topological polar surface area (TPSA) is 30.2 Å². The number of hydrogen-bond donors (Lipinski definition) is 0. The Balaban J connectivity index is 3.23. The first-order chi connectivity index (χ1) is 4.88. The summed E-state index contributed by atoms with van der Waals surface area (Å²) >= 11 is 0. The van der Waals surface area contributed by atoms with Crippen molar-refractivity contribution < 1.29 is 0 Å². The van der Waals surface area contributed by atoms with Gasteiger partial charge < -0.3 is 4.57 Å². The predicted octanol–water partition coefficient (Wildman–Crippen LogP) is 0.433. The highest BCUT2D eigenvalue weighted by Gasteiger charge is 1.84. The minimum Gasteiger partial charge on any atom is -0.331 e. The van der Waals surface area contributed by atoms with Crippen LogP contribution in [0.3, 0.4) is 0 Å². The summed E-state index contributed by atoms with van der Waals surface area (Å²) < 4.78 is 2.03. The van der Waals surface area contributed by atoms with Crippen molar-refractivity contribution in [1.82, 2.24) is 9.55 Å². The van der Waals surface area contributed by atoms with E-state index in [-0.39, 0.29) is 0 Å². The maximum atomic E-state index is 4.04. The molecule has 3 nitrogen and oxygen atoms in total. The van der Waals surface area contributed by atoms with Gasteiger partial charge in [0.25, 0.3) is 0 Å². The van der Waals surface area contributed by atoms with Crippen LogP contribution in [0.2, 0.25) is 0 Å². The van der Waals surface area contributed by atoms with Gasteiger partial charge in [-0.2, -0.15) is 0 Å². The monoisotopic (exact) mass is 137 g/mol. The average Bonchev–Trinajstić information content (AvgIpc) is 2.04. The molecule has 0 aliphatic rings. The zero-order chi connectivity index (χ0) is 7.40. The number of nitrogens with zero attached hydrogens (tertiary/aromatic N) is 3. The Morgan fingerprint density at radius 2 is 2.50 bits per heavy atom. The van der Waals surface area contributed by atoms with Crippen LogP contribution in [0.4, 0.5) is 0 Å². The predicted molar refractivity (Wildman–Crippen MR) is 39.4 cm³/mol. The van der Waals surface area contributed by atoms with Gasteiger partial charge in [0, 0.05) is 26.0 Å². The van der Waals surface area contributed by atoms with Crippen LogP contribution < -0.4 is 5.49 Å². The number of aryl methyl sites for hydroxylation is 1. The summed E-state index contributed by atoms with van der Waals surface area (Å²) in [5, 5.41) is 0. The molecular formula is C7H11N3. The normalized spacial score (nSPS) is 12.0. The molecule has 0 N–H and O–H groups in total. The summed E-state index contributed by atoms with van der Waals surface area (Å²) in [6.07, 6.45) is 5.43. The molecule has 1 aromatic rings. The smallest absolute Gasteiger partial charge is 0.146 e. The third-order valence-corrected chi connectivity index (χ3v) is 1.39. The molecule has 0 aliphatic heterocycles. The Labute approximate surface area is 60.1 Å². The lowest BCUT2D eigenvalue weighted by molar-refractivity contribution is 0.699. The van der Waals surface area contributed by atoms with E-state index >= 15 is 0 Å². The Kier molecular flexibility index (Phi) is 2.20. The van der Waals surface area contributed by atoms with E-state index in [4.69, 9.17) is 0 Å². The van der Waals surface area contributed by atoms with Gasteiger partial charge in [-0.3, -0.25) is 9.98 Å². The van der Waals surface area contributed by atoms with E-state index in [0.717, 1.165) is 12.0 Å².